The number of nitrogens with one attached hydrogen (secondary N) is 1. The molecule has 152 valence electrons. The molecule has 1 heterocycles. The number of rotatable bonds is 6. The molecule has 0 aliphatic rings. The third-order valence-electron chi connectivity index (χ3n) is 3.56. The number of hydrogen-bond donors (Lipinski definition) is 1. The molecule has 3 aromatic rings. The van der Waals surface area contributed by atoms with Crippen molar-refractivity contribution in [2.45, 2.75) is 18.3 Å². The summed E-state index contributed by atoms with van der Waals surface area (Å²) in [5, 5.41) is 18.2. The Kier molecular flexibility index (Phi) is 5.97. The van der Waals surface area contributed by atoms with E-state index in [2.05, 4.69) is 19.8 Å². The van der Waals surface area contributed by atoms with Gasteiger partial charge in [0.05, 0.1) is 11.0 Å². The number of halogens is 3. The van der Waals surface area contributed by atoms with Gasteiger partial charge < -0.3 is 19.7 Å². The minimum atomic E-state index is -4.79. The second-order valence-electron chi connectivity index (χ2n) is 5.82. The van der Waals surface area contributed by atoms with Gasteiger partial charge in [0.1, 0.15) is 5.75 Å². The third-order valence-corrected chi connectivity index (χ3v) is 4.58. The van der Waals surface area contributed by atoms with Crippen LogP contribution in [0.5, 0.6) is 11.7 Å². The topological polar surface area (TPSA) is 91.3 Å². The van der Waals surface area contributed by atoms with Crippen LogP contribution in [0.4, 0.5) is 18.9 Å². The molecule has 0 aliphatic heterocycles. The molecular formula is C18H14F3N3O4S. The van der Waals surface area contributed by atoms with Crippen LogP contribution in [-0.2, 0) is 4.79 Å². The highest BCUT2D eigenvalue weighted by atomic mass is 32.2. The predicted octanol–water partition coefficient (Wildman–Crippen LogP) is 2.96. The zero-order valence-corrected chi connectivity index (χ0v) is 15.7. The fraction of sp³-hybridized carbons (Fsp3) is 0.167. The van der Waals surface area contributed by atoms with Crippen LogP contribution in [0.15, 0.2) is 58.1 Å². The molecule has 0 unspecified atom stereocenters. The van der Waals surface area contributed by atoms with Crippen molar-refractivity contribution in [3.05, 3.63) is 54.1 Å². The standard InChI is InChI=1S/C18H14F3N3O4S/c1-11-2-6-13(7-3-11)24-16(17(26)28-23-24)29-10-15(25)22-12-4-8-14(9-5-12)27-18(19,20)21/h2-9H,10H2,1H3,(H-,22,23,25,26). The summed E-state index contributed by atoms with van der Waals surface area (Å²) in [6.07, 6.45) is -4.79. The molecule has 2 aromatic carbocycles. The van der Waals surface area contributed by atoms with Crippen LogP contribution in [0.2, 0.25) is 0 Å². The molecule has 7 nitrogen and oxygen atoms in total. The van der Waals surface area contributed by atoms with E-state index in [1.54, 1.807) is 12.1 Å². The summed E-state index contributed by atoms with van der Waals surface area (Å²) >= 11 is 0.926. The van der Waals surface area contributed by atoms with E-state index in [-0.39, 0.29) is 16.5 Å². The molecule has 0 spiro atoms. The minimum Gasteiger partial charge on any atom is -0.538 e. The molecule has 0 saturated heterocycles. The van der Waals surface area contributed by atoms with Crippen LogP contribution in [0.1, 0.15) is 5.56 Å². The number of ether oxygens (including phenoxy) is 1. The average Bonchev–Trinajstić information content (AvgIpc) is 3.02. The molecule has 0 saturated carbocycles. The quantitative estimate of drug-likeness (QED) is 0.482. The van der Waals surface area contributed by atoms with Crippen molar-refractivity contribution in [3.8, 4) is 17.4 Å². The third kappa shape index (κ3) is 5.64. The Balaban J connectivity index is 1.61. The number of carbonyl (C=O) groups excluding carboxylic acids is 1. The molecule has 0 atom stereocenters. The molecule has 0 aliphatic carbocycles. The van der Waals surface area contributed by atoms with E-state index in [0.29, 0.717) is 5.69 Å². The SMILES string of the molecule is Cc1ccc(-[n+]2noc([O-])c2SCC(=O)Nc2ccc(OC(F)(F)F)cc2)cc1. The van der Waals surface area contributed by atoms with Gasteiger partial charge in [-0.25, -0.2) is 0 Å². The van der Waals surface area contributed by atoms with E-state index in [1.807, 2.05) is 19.1 Å². The summed E-state index contributed by atoms with van der Waals surface area (Å²) < 4.78 is 46.2. The zero-order chi connectivity index (χ0) is 21.0. The average molecular weight is 425 g/mol. The molecule has 11 heteroatoms. The number of benzene rings is 2. The van der Waals surface area contributed by atoms with E-state index in [1.165, 1.54) is 16.8 Å². The Morgan fingerprint density at radius 2 is 1.86 bits per heavy atom. The van der Waals surface area contributed by atoms with Crippen LogP contribution < -0.4 is 19.8 Å². The molecule has 0 radical (unpaired) electrons. The van der Waals surface area contributed by atoms with E-state index >= 15 is 0 Å². The first-order valence-corrected chi connectivity index (χ1v) is 9.14. The van der Waals surface area contributed by atoms with Crippen LogP contribution in [0.25, 0.3) is 5.69 Å². The van der Waals surface area contributed by atoms with Crippen LogP contribution >= 0.6 is 11.8 Å². The Morgan fingerprint density at radius 3 is 2.48 bits per heavy atom. The minimum absolute atomic E-state index is 0.123. The number of amides is 1. The lowest BCUT2D eigenvalue weighted by atomic mass is 10.2. The second-order valence-corrected chi connectivity index (χ2v) is 6.79. The normalized spacial score (nSPS) is 11.3. The fourth-order valence-corrected chi connectivity index (χ4v) is 3.04. The summed E-state index contributed by atoms with van der Waals surface area (Å²) in [7, 11) is 0. The summed E-state index contributed by atoms with van der Waals surface area (Å²) in [6, 6.07) is 11.9. The maximum atomic E-state index is 12.2. The van der Waals surface area contributed by atoms with Crippen molar-refractivity contribution in [1.29, 1.82) is 0 Å². The molecule has 1 aromatic heterocycles. The van der Waals surface area contributed by atoms with Crippen molar-refractivity contribution in [1.82, 2.24) is 5.27 Å². The highest BCUT2D eigenvalue weighted by molar-refractivity contribution is 7.99. The smallest absolute Gasteiger partial charge is 0.538 e. The summed E-state index contributed by atoms with van der Waals surface area (Å²) in [5.74, 6) is -1.68. The highest BCUT2D eigenvalue weighted by Crippen LogP contribution is 2.25. The molecule has 1 amide bonds. The molecular weight excluding hydrogens is 411 g/mol. The van der Waals surface area contributed by atoms with Gasteiger partial charge in [0.15, 0.2) is 5.95 Å². The van der Waals surface area contributed by atoms with Gasteiger partial charge in [0.2, 0.25) is 11.6 Å². The first kappa shape index (κ1) is 20.5. The largest absolute Gasteiger partial charge is 0.573 e. The fourth-order valence-electron chi connectivity index (χ4n) is 2.28. The van der Waals surface area contributed by atoms with Crippen molar-refractivity contribution in [2.75, 3.05) is 11.1 Å². The molecule has 3 rings (SSSR count). The number of aromatic nitrogens is 2. The summed E-state index contributed by atoms with van der Waals surface area (Å²) in [6.45, 7) is 1.91. The Morgan fingerprint density at radius 1 is 1.21 bits per heavy atom. The molecule has 0 bridgehead atoms. The number of carbonyl (C=O) groups is 1. The number of anilines is 1. The van der Waals surface area contributed by atoms with Gasteiger partial charge in [0.25, 0.3) is 5.03 Å². The number of hydrogen-bond acceptors (Lipinski definition) is 6. The number of nitrogens with zero attached hydrogens (tertiary/aromatic N) is 2. The molecule has 0 fully saturated rings. The van der Waals surface area contributed by atoms with Gasteiger partial charge in [-0.2, -0.15) is 0 Å². The zero-order valence-electron chi connectivity index (χ0n) is 14.9. The molecule has 1 N–H and O–H groups in total. The Labute approximate surface area is 167 Å². The van der Waals surface area contributed by atoms with Gasteiger partial charge in [-0.05, 0) is 47.6 Å². The number of alkyl halides is 3. The van der Waals surface area contributed by atoms with Crippen LogP contribution in [-0.4, -0.2) is 23.3 Å². The van der Waals surface area contributed by atoms with Crippen LogP contribution in [0.3, 0.4) is 0 Å². The van der Waals surface area contributed by atoms with Gasteiger partial charge in [-0.15, -0.1) is 13.2 Å². The van der Waals surface area contributed by atoms with Crippen LogP contribution in [0, 0.1) is 6.92 Å². The summed E-state index contributed by atoms with van der Waals surface area (Å²) in [5.41, 5.74) is 1.91. The molecule has 29 heavy (non-hydrogen) atoms. The van der Waals surface area contributed by atoms with Crippen molar-refractivity contribution in [3.63, 3.8) is 0 Å². The van der Waals surface area contributed by atoms with E-state index in [4.69, 9.17) is 0 Å². The first-order valence-electron chi connectivity index (χ1n) is 8.16. The van der Waals surface area contributed by atoms with Crippen molar-refractivity contribution >= 4 is 23.4 Å². The van der Waals surface area contributed by atoms with E-state index in [0.717, 1.165) is 29.5 Å². The van der Waals surface area contributed by atoms with E-state index in [9.17, 15) is 23.1 Å². The van der Waals surface area contributed by atoms with Gasteiger partial charge in [0, 0.05) is 17.8 Å². The number of thioether (sulfide) groups is 1. The van der Waals surface area contributed by atoms with Crippen molar-refractivity contribution in [2.24, 2.45) is 0 Å². The monoisotopic (exact) mass is 425 g/mol. The van der Waals surface area contributed by atoms with Gasteiger partial charge >= 0.3 is 6.36 Å². The van der Waals surface area contributed by atoms with E-state index < -0.39 is 24.0 Å². The summed E-state index contributed by atoms with van der Waals surface area (Å²) in [4.78, 5) is 12.1. The highest BCUT2D eigenvalue weighted by Gasteiger charge is 2.31. The Hall–Kier alpha value is -3.21. The maximum absolute atomic E-state index is 12.2. The lowest BCUT2D eigenvalue weighted by Gasteiger charge is -2.09. The van der Waals surface area contributed by atoms with Gasteiger partial charge in [-0.1, -0.05) is 17.7 Å². The van der Waals surface area contributed by atoms with Gasteiger partial charge in [-0.3, -0.25) is 4.79 Å². The first-order chi connectivity index (χ1) is 13.7. The second kappa shape index (κ2) is 8.43. The van der Waals surface area contributed by atoms with Crippen molar-refractivity contribution < 1.29 is 37.0 Å². The Bertz CT molecular complexity index is 989. The maximum Gasteiger partial charge on any atom is 0.573 e. The lowest BCUT2D eigenvalue weighted by molar-refractivity contribution is -0.705. The number of aryl methyl sites for hydroxylation is 1. The predicted molar refractivity (Wildman–Crippen MR) is 94.7 cm³/mol. The lowest BCUT2D eigenvalue weighted by Crippen LogP contribution is -2.35.